The van der Waals surface area contributed by atoms with Gasteiger partial charge in [-0.15, -0.1) is 0 Å². The predicted molar refractivity (Wildman–Crippen MR) is 52.9 cm³/mol. The Hall–Kier alpha value is -1.43. The average molecular weight is 216 g/mol. The molecule has 6 heteroatoms. The number of rotatable bonds is 7. The molecule has 0 fully saturated rings. The van der Waals surface area contributed by atoms with Crippen molar-refractivity contribution >= 4 is 17.7 Å². The van der Waals surface area contributed by atoms with E-state index in [2.05, 4.69) is 4.74 Å². The number of hydrogen-bond acceptors (Lipinski definition) is 5. The molecule has 0 saturated heterocycles. The topological polar surface area (TPSA) is 89.7 Å². The van der Waals surface area contributed by atoms with Crippen LogP contribution in [0.3, 0.4) is 0 Å². The van der Waals surface area contributed by atoms with E-state index in [1.165, 1.54) is 4.90 Å². The molecule has 0 aliphatic carbocycles. The normalized spacial score (nSPS) is 10.1. The second-order valence-corrected chi connectivity index (χ2v) is 3.16. The Morgan fingerprint density at radius 1 is 1.27 bits per heavy atom. The van der Waals surface area contributed by atoms with Crippen molar-refractivity contribution in [3.63, 3.8) is 0 Å². The number of esters is 1. The van der Waals surface area contributed by atoms with Crippen LogP contribution in [-0.2, 0) is 19.1 Å². The van der Waals surface area contributed by atoms with Gasteiger partial charge >= 0.3 is 5.97 Å². The van der Waals surface area contributed by atoms with E-state index in [0.717, 1.165) is 0 Å². The monoisotopic (exact) mass is 216 g/mol. The van der Waals surface area contributed by atoms with Crippen molar-refractivity contribution in [2.24, 2.45) is 5.73 Å². The van der Waals surface area contributed by atoms with E-state index >= 15 is 0 Å². The molecule has 15 heavy (non-hydrogen) atoms. The summed E-state index contributed by atoms with van der Waals surface area (Å²) in [5, 5.41) is 0. The van der Waals surface area contributed by atoms with Crippen molar-refractivity contribution in [1.82, 2.24) is 4.90 Å². The van der Waals surface area contributed by atoms with Crippen molar-refractivity contribution < 1.29 is 19.1 Å². The molecule has 0 aromatic carbocycles. The highest BCUT2D eigenvalue weighted by Crippen LogP contribution is 1.91. The molecule has 0 aliphatic heterocycles. The second kappa shape index (κ2) is 6.94. The summed E-state index contributed by atoms with van der Waals surface area (Å²) in [4.78, 5) is 34.1. The number of likely N-dealkylation sites (N-methyl/N-ethyl adjacent to an activating group) is 1. The zero-order chi connectivity index (χ0) is 11.8. The summed E-state index contributed by atoms with van der Waals surface area (Å²) in [5.41, 5.74) is 4.93. The molecule has 1 amide bonds. The number of primary amides is 1. The molecule has 0 aliphatic rings. The first-order chi connectivity index (χ1) is 6.95. The lowest BCUT2D eigenvalue weighted by atomic mass is 10.2. The molecule has 0 spiro atoms. The fraction of sp³-hybridized carbons (Fsp3) is 0.667. The minimum atomic E-state index is -0.546. The van der Waals surface area contributed by atoms with Crippen LogP contribution in [0.15, 0.2) is 0 Å². The molecule has 6 nitrogen and oxygen atoms in total. The molecule has 86 valence electrons. The van der Waals surface area contributed by atoms with Gasteiger partial charge in [0.25, 0.3) is 0 Å². The molecule has 0 aromatic rings. The maximum Gasteiger partial charge on any atom is 0.313 e. The lowest BCUT2D eigenvalue weighted by Crippen LogP contribution is -2.35. The zero-order valence-electron chi connectivity index (χ0n) is 8.99. The van der Waals surface area contributed by atoms with Gasteiger partial charge in [-0.1, -0.05) is 0 Å². The fourth-order valence-corrected chi connectivity index (χ4v) is 1.05. The van der Waals surface area contributed by atoms with Crippen LogP contribution in [0.25, 0.3) is 0 Å². The number of carbonyl (C=O) groups excluding carboxylic acids is 3. The summed E-state index contributed by atoms with van der Waals surface area (Å²) in [6.45, 7) is 1.93. The lowest BCUT2D eigenvalue weighted by molar-refractivity contribution is -0.145. The molecule has 0 heterocycles. The molecule has 0 atom stereocenters. The highest BCUT2D eigenvalue weighted by Gasteiger charge is 2.13. The van der Waals surface area contributed by atoms with Crippen molar-refractivity contribution in [1.29, 1.82) is 0 Å². The Kier molecular flexibility index (Phi) is 6.28. The van der Waals surface area contributed by atoms with Crippen LogP contribution < -0.4 is 5.73 Å². The Labute approximate surface area is 88.4 Å². The van der Waals surface area contributed by atoms with E-state index in [4.69, 9.17) is 5.73 Å². The van der Waals surface area contributed by atoms with E-state index < -0.39 is 11.9 Å². The molecule has 0 unspecified atom stereocenters. The first-order valence-corrected chi connectivity index (χ1v) is 4.59. The highest BCUT2D eigenvalue weighted by molar-refractivity contribution is 5.96. The van der Waals surface area contributed by atoms with Gasteiger partial charge in [-0.3, -0.25) is 19.3 Å². The fourth-order valence-electron chi connectivity index (χ4n) is 1.05. The van der Waals surface area contributed by atoms with Gasteiger partial charge in [0.1, 0.15) is 6.42 Å². The number of nitrogens with zero attached hydrogens (tertiary/aromatic N) is 1. The van der Waals surface area contributed by atoms with E-state index in [9.17, 15) is 14.4 Å². The van der Waals surface area contributed by atoms with Crippen LogP contribution in [0.5, 0.6) is 0 Å². The third kappa shape index (κ3) is 7.63. The Morgan fingerprint density at radius 3 is 2.33 bits per heavy atom. The third-order valence-corrected chi connectivity index (χ3v) is 1.52. The molecule has 2 N–H and O–H groups in total. The van der Waals surface area contributed by atoms with Gasteiger partial charge in [-0.05, 0) is 14.0 Å². The van der Waals surface area contributed by atoms with Crippen LogP contribution in [0.2, 0.25) is 0 Å². The van der Waals surface area contributed by atoms with Crippen LogP contribution >= 0.6 is 0 Å². The van der Waals surface area contributed by atoms with Gasteiger partial charge in [-0.2, -0.15) is 0 Å². The Balaban J connectivity index is 3.82. The Morgan fingerprint density at radius 2 is 1.87 bits per heavy atom. The molecule has 0 bridgehead atoms. The molecule has 0 rings (SSSR count). The van der Waals surface area contributed by atoms with Gasteiger partial charge in [0, 0.05) is 0 Å². The van der Waals surface area contributed by atoms with E-state index in [1.807, 2.05) is 0 Å². The number of nitrogens with two attached hydrogens (primary N) is 1. The largest absolute Gasteiger partial charge is 0.466 e. The number of amides is 1. The summed E-state index contributed by atoms with van der Waals surface area (Å²) in [5.74, 6) is -1.35. The predicted octanol–water partition coefficient (Wildman–Crippen LogP) is -1.07. The van der Waals surface area contributed by atoms with Gasteiger partial charge in [0.15, 0.2) is 5.78 Å². The van der Waals surface area contributed by atoms with Gasteiger partial charge in [0.2, 0.25) is 5.91 Å². The zero-order valence-corrected chi connectivity index (χ0v) is 8.99. The van der Waals surface area contributed by atoms with Gasteiger partial charge in [-0.25, -0.2) is 0 Å². The Bertz CT molecular complexity index is 252. The minimum absolute atomic E-state index is 0.00539. The van der Waals surface area contributed by atoms with Gasteiger partial charge in [0.05, 0.1) is 19.7 Å². The molecule has 0 saturated carbocycles. The summed E-state index contributed by atoms with van der Waals surface area (Å²) in [6, 6.07) is 0. The molecular weight excluding hydrogens is 200 g/mol. The average Bonchev–Trinajstić information content (AvgIpc) is 2.00. The molecular formula is C9H16N2O4. The summed E-state index contributed by atoms with van der Waals surface area (Å²) in [6.07, 6.45) is -0.267. The van der Waals surface area contributed by atoms with Crippen LogP contribution in [0.1, 0.15) is 13.3 Å². The summed E-state index contributed by atoms with van der Waals surface area (Å²) < 4.78 is 4.61. The number of Topliss-reactive ketones (excluding diaryl/α,β-unsaturated/α-hetero) is 1. The maximum atomic E-state index is 11.2. The molecule has 0 radical (unpaired) electrons. The highest BCUT2D eigenvalue weighted by atomic mass is 16.5. The van der Waals surface area contributed by atoms with Crippen molar-refractivity contribution in [2.75, 3.05) is 26.7 Å². The standard InChI is InChI=1S/C9H16N2O4/c1-3-15-9(14)4-7(12)5-11(2)6-8(10)13/h3-6H2,1-2H3,(H2,10,13). The third-order valence-electron chi connectivity index (χ3n) is 1.52. The van der Waals surface area contributed by atoms with E-state index in [1.54, 1.807) is 14.0 Å². The summed E-state index contributed by atoms with van der Waals surface area (Å²) >= 11 is 0. The first-order valence-electron chi connectivity index (χ1n) is 4.59. The number of hydrogen-bond donors (Lipinski definition) is 1. The van der Waals surface area contributed by atoms with Crippen LogP contribution in [0.4, 0.5) is 0 Å². The van der Waals surface area contributed by atoms with E-state index in [0.29, 0.717) is 0 Å². The smallest absolute Gasteiger partial charge is 0.313 e. The molecule has 0 aromatic heterocycles. The quantitative estimate of drug-likeness (QED) is 0.432. The first kappa shape index (κ1) is 13.6. The lowest BCUT2D eigenvalue weighted by Gasteiger charge is -2.12. The van der Waals surface area contributed by atoms with E-state index in [-0.39, 0.29) is 31.9 Å². The number of ketones is 1. The second-order valence-electron chi connectivity index (χ2n) is 3.16. The number of ether oxygens (including phenoxy) is 1. The summed E-state index contributed by atoms with van der Waals surface area (Å²) in [7, 11) is 1.58. The number of carbonyl (C=O) groups is 3. The van der Waals surface area contributed by atoms with Crippen molar-refractivity contribution in [2.45, 2.75) is 13.3 Å². The van der Waals surface area contributed by atoms with Gasteiger partial charge < -0.3 is 10.5 Å². The van der Waals surface area contributed by atoms with Crippen LogP contribution in [0, 0.1) is 0 Å². The maximum absolute atomic E-state index is 11.2. The van der Waals surface area contributed by atoms with Crippen molar-refractivity contribution in [3.8, 4) is 0 Å². The van der Waals surface area contributed by atoms with Crippen molar-refractivity contribution in [3.05, 3.63) is 0 Å². The SMILES string of the molecule is CCOC(=O)CC(=O)CN(C)CC(N)=O. The van der Waals surface area contributed by atoms with Crippen LogP contribution in [-0.4, -0.2) is 49.3 Å². The minimum Gasteiger partial charge on any atom is -0.466 e.